The molecule has 0 fully saturated rings. The highest BCUT2D eigenvalue weighted by Gasteiger charge is 2.17. The first-order valence-corrected chi connectivity index (χ1v) is 5.85. The lowest BCUT2D eigenvalue weighted by atomic mass is 10.0. The average molecular weight is 227 g/mol. The van der Waals surface area contributed by atoms with E-state index in [2.05, 4.69) is 46.9 Å². The van der Waals surface area contributed by atoms with E-state index in [1.165, 1.54) is 0 Å². The Kier molecular flexibility index (Phi) is 6.17. The highest BCUT2D eigenvalue weighted by molar-refractivity contribution is 7.45. The maximum absolute atomic E-state index is 8.88. The van der Waals surface area contributed by atoms with Gasteiger partial charge in [0.15, 0.2) is 0 Å². The molecule has 0 aromatic carbocycles. The van der Waals surface area contributed by atoms with E-state index in [0.717, 1.165) is 0 Å². The monoisotopic (exact) mass is 227 g/mol. The molecule has 14 heavy (non-hydrogen) atoms. The summed E-state index contributed by atoms with van der Waals surface area (Å²) in [6.07, 6.45) is 0. The van der Waals surface area contributed by atoms with Crippen molar-refractivity contribution < 1.29 is 19.2 Å². The second kappa shape index (κ2) is 5.24. The Balaban J connectivity index is 0. The first-order valence-electron chi connectivity index (χ1n) is 4.28. The molecule has 0 heterocycles. The first-order chi connectivity index (χ1) is 5.71. The van der Waals surface area contributed by atoms with Crippen molar-refractivity contribution >= 4 is 7.82 Å². The van der Waals surface area contributed by atoms with Crippen LogP contribution in [0.25, 0.3) is 0 Å². The van der Waals surface area contributed by atoms with Gasteiger partial charge in [0.2, 0.25) is 0 Å². The van der Waals surface area contributed by atoms with Gasteiger partial charge in [0.1, 0.15) is 0 Å². The molecule has 0 aliphatic heterocycles. The Morgan fingerprint density at radius 1 is 0.857 bits per heavy atom. The molecule has 0 radical (unpaired) electrons. The van der Waals surface area contributed by atoms with E-state index in [-0.39, 0.29) is 11.1 Å². The fourth-order valence-electron chi connectivity index (χ4n) is 1.12. The van der Waals surface area contributed by atoms with E-state index in [9.17, 15) is 0 Å². The fourth-order valence-corrected chi connectivity index (χ4v) is 1.12. The summed E-state index contributed by atoms with van der Waals surface area (Å²) >= 11 is 0. The summed E-state index contributed by atoms with van der Waals surface area (Å²) in [7, 11) is -4.64. The van der Waals surface area contributed by atoms with Crippen molar-refractivity contribution in [3.05, 3.63) is 0 Å². The average Bonchev–Trinajstić information content (AvgIpc) is 1.42. The summed E-state index contributed by atoms with van der Waals surface area (Å²) in [5, 5.41) is 3.46. The fraction of sp³-hybridized carbons (Fsp3) is 1.00. The Hall–Kier alpha value is 0.0700. The molecule has 0 amide bonds. The van der Waals surface area contributed by atoms with Gasteiger partial charge in [-0.1, -0.05) is 0 Å². The molecule has 0 saturated carbocycles. The normalized spacial score (nSPS) is 13.2. The third-order valence-electron chi connectivity index (χ3n) is 0.750. The summed E-state index contributed by atoms with van der Waals surface area (Å²) in [4.78, 5) is 21.6. The molecular formula is C8H22NO4P. The maximum atomic E-state index is 8.88. The standard InChI is InChI=1S/C8H19N.H3O4P/c1-7(2,3)9-8(4,5)6;1-5(2,3)4/h9H,1-6H3;(H3,1,2,3,4). The van der Waals surface area contributed by atoms with Gasteiger partial charge < -0.3 is 20.0 Å². The molecule has 0 aliphatic rings. The first kappa shape index (κ1) is 16.5. The van der Waals surface area contributed by atoms with E-state index in [1.807, 2.05) is 0 Å². The van der Waals surface area contributed by atoms with Gasteiger partial charge in [0, 0.05) is 11.1 Å². The van der Waals surface area contributed by atoms with Crippen LogP contribution in [0.3, 0.4) is 0 Å². The van der Waals surface area contributed by atoms with Crippen LogP contribution in [-0.4, -0.2) is 25.8 Å². The molecule has 0 rings (SSSR count). The van der Waals surface area contributed by atoms with Crippen molar-refractivity contribution in [3.63, 3.8) is 0 Å². The highest BCUT2D eigenvalue weighted by atomic mass is 31.2. The smallest absolute Gasteiger partial charge is 0.307 e. The molecule has 0 unspecified atom stereocenters. The highest BCUT2D eigenvalue weighted by Crippen LogP contribution is 2.25. The Bertz CT molecular complexity index is 178. The van der Waals surface area contributed by atoms with E-state index < -0.39 is 7.82 Å². The van der Waals surface area contributed by atoms with Crippen LogP contribution in [0.2, 0.25) is 0 Å². The van der Waals surface area contributed by atoms with Crippen LogP contribution in [0.1, 0.15) is 41.5 Å². The maximum Gasteiger partial charge on any atom is 0.466 e. The van der Waals surface area contributed by atoms with Gasteiger partial charge >= 0.3 is 7.82 Å². The van der Waals surface area contributed by atoms with Crippen LogP contribution in [-0.2, 0) is 4.57 Å². The predicted octanol–water partition coefficient (Wildman–Crippen LogP) is 1.24. The predicted molar refractivity (Wildman–Crippen MR) is 56.9 cm³/mol. The van der Waals surface area contributed by atoms with Crippen LogP contribution >= 0.6 is 7.82 Å². The molecule has 0 aromatic heterocycles. The molecule has 0 aliphatic carbocycles. The van der Waals surface area contributed by atoms with Crippen LogP contribution in [0.4, 0.5) is 0 Å². The quantitative estimate of drug-likeness (QED) is 0.467. The van der Waals surface area contributed by atoms with Crippen LogP contribution in [0.5, 0.6) is 0 Å². The minimum absolute atomic E-state index is 0.234. The van der Waals surface area contributed by atoms with Gasteiger partial charge in [-0.05, 0) is 41.5 Å². The zero-order valence-corrected chi connectivity index (χ0v) is 10.6. The minimum atomic E-state index is -4.64. The van der Waals surface area contributed by atoms with E-state index in [4.69, 9.17) is 19.2 Å². The topological polar surface area (TPSA) is 89.8 Å². The Morgan fingerprint density at radius 3 is 1.00 bits per heavy atom. The largest absolute Gasteiger partial charge is 0.466 e. The second-order valence-electron chi connectivity index (χ2n) is 5.14. The van der Waals surface area contributed by atoms with E-state index in [1.54, 1.807) is 0 Å². The van der Waals surface area contributed by atoms with Crippen molar-refractivity contribution in [1.29, 1.82) is 0 Å². The van der Waals surface area contributed by atoms with Crippen molar-refractivity contribution in [3.8, 4) is 0 Å². The van der Waals surface area contributed by atoms with Gasteiger partial charge in [-0.25, -0.2) is 4.57 Å². The number of phosphoric acid groups is 1. The SMILES string of the molecule is CC(C)(C)NC(C)(C)C.O=P(O)(O)O. The second-order valence-corrected chi connectivity index (χ2v) is 6.16. The number of nitrogens with one attached hydrogen (secondary N) is 1. The number of rotatable bonds is 0. The third-order valence-corrected chi connectivity index (χ3v) is 0.750. The van der Waals surface area contributed by atoms with Crippen molar-refractivity contribution in [1.82, 2.24) is 5.32 Å². The van der Waals surface area contributed by atoms with Gasteiger partial charge in [-0.3, -0.25) is 0 Å². The molecular weight excluding hydrogens is 205 g/mol. The molecule has 0 aromatic rings. The molecule has 4 N–H and O–H groups in total. The van der Waals surface area contributed by atoms with Crippen LogP contribution in [0.15, 0.2) is 0 Å². The molecule has 0 atom stereocenters. The minimum Gasteiger partial charge on any atom is -0.307 e. The summed E-state index contributed by atoms with van der Waals surface area (Å²) < 4.78 is 8.88. The zero-order valence-electron chi connectivity index (χ0n) is 9.70. The Morgan fingerprint density at radius 2 is 1.00 bits per heavy atom. The lowest BCUT2D eigenvalue weighted by molar-refractivity contribution is 0.275. The third kappa shape index (κ3) is 40.1. The van der Waals surface area contributed by atoms with Gasteiger partial charge in [-0.15, -0.1) is 0 Å². The molecule has 0 saturated heterocycles. The summed E-state index contributed by atoms with van der Waals surface area (Å²) in [5.74, 6) is 0. The van der Waals surface area contributed by atoms with E-state index >= 15 is 0 Å². The van der Waals surface area contributed by atoms with Crippen molar-refractivity contribution in [2.75, 3.05) is 0 Å². The molecule has 0 spiro atoms. The van der Waals surface area contributed by atoms with Gasteiger partial charge in [0.05, 0.1) is 0 Å². The number of hydrogen-bond acceptors (Lipinski definition) is 2. The molecule has 88 valence electrons. The van der Waals surface area contributed by atoms with Crippen molar-refractivity contribution in [2.45, 2.75) is 52.6 Å². The van der Waals surface area contributed by atoms with E-state index in [0.29, 0.717) is 0 Å². The van der Waals surface area contributed by atoms with Crippen LogP contribution in [0, 0.1) is 0 Å². The van der Waals surface area contributed by atoms with Gasteiger partial charge in [-0.2, -0.15) is 0 Å². The Labute approximate surface area is 85.8 Å². The van der Waals surface area contributed by atoms with Gasteiger partial charge in [0.25, 0.3) is 0 Å². The molecule has 6 heteroatoms. The van der Waals surface area contributed by atoms with Crippen LogP contribution < -0.4 is 5.32 Å². The van der Waals surface area contributed by atoms with Crippen molar-refractivity contribution in [2.24, 2.45) is 0 Å². The summed E-state index contributed by atoms with van der Waals surface area (Å²) in [5.41, 5.74) is 0.469. The molecule has 0 bridgehead atoms. The zero-order chi connectivity index (χ0) is 12.2. The molecule has 5 nitrogen and oxygen atoms in total. The summed E-state index contributed by atoms with van der Waals surface area (Å²) in [6, 6.07) is 0. The number of hydrogen-bond donors (Lipinski definition) is 4. The lowest BCUT2D eigenvalue weighted by Gasteiger charge is -2.31. The lowest BCUT2D eigenvalue weighted by Crippen LogP contribution is -2.48. The summed E-state index contributed by atoms with van der Waals surface area (Å²) in [6.45, 7) is 13.1.